The fraction of sp³-hybridized carbons (Fsp3) is 0.545. The normalized spacial score (nSPS) is 16.9. The summed E-state index contributed by atoms with van der Waals surface area (Å²) in [5.74, 6) is 1.34. The highest BCUT2D eigenvalue weighted by atomic mass is 32.2. The molecule has 160 valence electrons. The molecule has 8 heteroatoms. The van der Waals surface area contributed by atoms with E-state index in [1.54, 1.807) is 7.05 Å². The molecule has 2 saturated carbocycles. The lowest BCUT2D eigenvalue weighted by atomic mass is 10.1. The van der Waals surface area contributed by atoms with E-state index in [-0.39, 0.29) is 23.6 Å². The number of likely N-dealkylation sites (N-methyl/N-ethyl adjacent to an activating group) is 1. The zero-order chi connectivity index (χ0) is 21.3. The molecule has 1 aromatic carbocycles. The van der Waals surface area contributed by atoms with Crippen LogP contribution in [0, 0.1) is 0 Å². The topological polar surface area (TPSA) is 80.1 Å². The molecular weight excluding hydrogens is 398 g/mol. The number of aryl methyl sites for hydroxylation is 1. The minimum atomic E-state index is -0.334. The minimum absolute atomic E-state index is 0.0183. The molecule has 2 amide bonds. The van der Waals surface area contributed by atoms with E-state index in [4.69, 9.17) is 0 Å². The summed E-state index contributed by atoms with van der Waals surface area (Å²) in [6.45, 7) is 3.94. The zero-order valence-electron chi connectivity index (χ0n) is 17.8. The van der Waals surface area contributed by atoms with Crippen molar-refractivity contribution < 1.29 is 9.59 Å². The van der Waals surface area contributed by atoms with Crippen LogP contribution in [-0.2, 0) is 16.0 Å². The van der Waals surface area contributed by atoms with Gasteiger partial charge in [-0.2, -0.15) is 0 Å². The Morgan fingerprint density at radius 1 is 1.23 bits per heavy atom. The first kappa shape index (κ1) is 20.9. The number of rotatable bonds is 9. The maximum absolute atomic E-state index is 12.9. The average Bonchev–Trinajstić information content (AvgIpc) is 3.66. The number of thioether (sulfide) groups is 1. The van der Waals surface area contributed by atoms with Gasteiger partial charge in [-0.3, -0.25) is 9.59 Å². The maximum atomic E-state index is 12.9. The predicted molar refractivity (Wildman–Crippen MR) is 118 cm³/mol. The quantitative estimate of drug-likeness (QED) is 0.618. The Morgan fingerprint density at radius 2 is 1.97 bits per heavy atom. The number of hydrogen-bond donors (Lipinski definition) is 1. The molecule has 0 bridgehead atoms. The molecule has 0 saturated heterocycles. The van der Waals surface area contributed by atoms with Crippen molar-refractivity contribution in [3.05, 3.63) is 35.7 Å². The van der Waals surface area contributed by atoms with Crippen molar-refractivity contribution in [1.29, 1.82) is 0 Å². The van der Waals surface area contributed by atoms with E-state index < -0.39 is 0 Å². The van der Waals surface area contributed by atoms with Crippen LogP contribution in [-0.4, -0.2) is 50.3 Å². The first-order chi connectivity index (χ1) is 14.5. The van der Waals surface area contributed by atoms with E-state index in [1.165, 1.54) is 29.5 Å². The molecule has 1 aromatic heterocycles. The van der Waals surface area contributed by atoms with Crippen molar-refractivity contribution in [2.45, 2.75) is 68.3 Å². The summed E-state index contributed by atoms with van der Waals surface area (Å²) in [6, 6.07) is 8.23. The lowest BCUT2D eigenvalue weighted by Gasteiger charge is -2.21. The summed E-state index contributed by atoms with van der Waals surface area (Å²) in [5, 5.41) is 12.2. The summed E-state index contributed by atoms with van der Waals surface area (Å²) in [4.78, 5) is 26.8. The van der Waals surface area contributed by atoms with Crippen molar-refractivity contribution in [3.63, 3.8) is 0 Å². The fourth-order valence-electron chi connectivity index (χ4n) is 3.62. The number of benzene rings is 1. The summed E-state index contributed by atoms with van der Waals surface area (Å²) in [7, 11) is 1.67. The molecule has 2 aliphatic carbocycles. The number of para-hydroxylation sites is 1. The second-order valence-corrected chi connectivity index (χ2v) is 9.54. The molecule has 2 aliphatic rings. The largest absolute Gasteiger partial charge is 0.335 e. The van der Waals surface area contributed by atoms with E-state index in [9.17, 15) is 9.59 Å². The number of aromatic nitrogens is 3. The van der Waals surface area contributed by atoms with Crippen molar-refractivity contribution in [1.82, 2.24) is 19.7 Å². The Kier molecular flexibility index (Phi) is 6.13. The van der Waals surface area contributed by atoms with Crippen LogP contribution in [0.1, 0.15) is 62.9 Å². The van der Waals surface area contributed by atoms with Gasteiger partial charge in [0.05, 0.1) is 11.8 Å². The minimum Gasteiger partial charge on any atom is -0.335 e. The van der Waals surface area contributed by atoms with Crippen LogP contribution in [0.25, 0.3) is 0 Å². The fourth-order valence-corrected chi connectivity index (χ4v) is 4.66. The number of carbonyl (C=O) groups excluding carboxylic acids is 2. The molecule has 1 N–H and O–H groups in total. The Labute approximate surface area is 181 Å². The van der Waals surface area contributed by atoms with E-state index in [1.807, 2.05) is 31.2 Å². The van der Waals surface area contributed by atoms with Crippen LogP contribution in [0.5, 0.6) is 0 Å². The maximum Gasteiger partial charge on any atom is 0.243 e. The van der Waals surface area contributed by atoms with Crippen LogP contribution in [0.3, 0.4) is 0 Å². The van der Waals surface area contributed by atoms with Crippen molar-refractivity contribution in [2.75, 3.05) is 18.9 Å². The molecule has 0 radical (unpaired) electrons. The number of nitrogens with one attached hydrogen (secondary N) is 1. The molecule has 7 nitrogen and oxygen atoms in total. The van der Waals surface area contributed by atoms with Gasteiger partial charge in [-0.15, -0.1) is 10.2 Å². The smallest absolute Gasteiger partial charge is 0.243 e. The number of nitrogens with zero attached hydrogens (tertiary/aromatic N) is 4. The molecule has 30 heavy (non-hydrogen) atoms. The van der Waals surface area contributed by atoms with E-state index >= 15 is 0 Å². The molecule has 4 rings (SSSR count). The third-order valence-corrected chi connectivity index (χ3v) is 6.65. The Morgan fingerprint density at radius 3 is 2.63 bits per heavy atom. The van der Waals surface area contributed by atoms with Gasteiger partial charge in [0.15, 0.2) is 5.16 Å². The van der Waals surface area contributed by atoms with Crippen LogP contribution in [0.15, 0.2) is 29.4 Å². The summed E-state index contributed by atoms with van der Waals surface area (Å²) in [6.07, 6.45) is 5.52. The van der Waals surface area contributed by atoms with Gasteiger partial charge in [-0.1, -0.05) is 36.9 Å². The summed E-state index contributed by atoms with van der Waals surface area (Å²) in [5.41, 5.74) is 1.88. The molecule has 2 fully saturated rings. The van der Waals surface area contributed by atoms with Gasteiger partial charge in [0.2, 0.25) is 11.8 Å². The van der Waals surface area contributed by atoms with Crippen molar-refractivity contribution in [2.24, 2.45) is 0 Å². The molecule has 0 unspecified atom stereocenters. The number of hydrogen-bond acceptors (Lipinski definition) is 5. The number of anilines is 1. The zero-order valence-corrected chi connectivity index (χ0v) is 18.6. The standard InChI is InChI=1S/C22H29N5O2S/c1-4-15-7-5-6-8-18(15)23-19(28)13-26(3)21(29)14(2)30-22-25-24-20(16-9-10-16)27(22)17-11-12-17/h5-8,14,16-17H,4,9-13H2,1-3H3,(H,23,28)/t14-/m0/s1. The monoisotopic (exact) mass is 427 g/mol. The SMILES string of the molecule is CCc1ccccc1NC(=O)CN(C)C(=O)[C@H](C)Sc1nnc(C2CC2)n1C1CC1. The first-order valence-corrected chi connectivity index (χ1v) is 11.6. The molecule has 2 aromatic rings. The Balaban J connectivity index is 1.35. The average molecular weight is 428 g/mol. The van der Waals surface area contributed by atoms with Crippen LogP contribution >= 0.6 is 11.8 Å². The van der Waals surface area contributed by atoms with Gasteiger partial charge in [-0.05, 0) is 50.7 Å². The molecule has 0 aliphatic heterocycles. The predicted octanol–water partition coefficient (Wildman–Crippen LogP) is 3.63. The second-order valence-electron chi connectivity index (χ2n) is 8.23. The van der Waals surface area contributed by atoms with Gasteiger partial charge in [0, 0.05) is 24.7 Å². The Bertz CT molecular complexity index is 935. The van der Waals surface area contributed by atoms with Crippen LogP contribution < -0.4 is 5.32 Å². The van der Waals surface area contributed by atoms with Gasteiger partial charge >= 0.3 is 0 Å². The lowest BCUT2D eigenvalue weighted by Crippen LogP contribution is -2.39. The highest BCUT2D eigenvalue weighted by molar-refractivity contribution is 8.00. The third kappa shape index (κ3) is 4.69. The first-order valence-electron chi connectivity index (χ1n) is 10.7. The van der Waals surface area contributed by atoms with E-state index in [0.717, 1.165) is 41.5 Å². The third-order valence-electron chi connectivity index (χ3n) is 5.60. The lowest BCUT2D eigenvalue weighted by molar-refractivity contribution is -0.132. The molecular formula is C22H29N5O2S. The second kappa shape index (κ2) is 8.79. The highest BCUT2D eigenvalue weighted by Gasteiger charge is 2.37. The molecule has 1 atom stereocenters. The van der Waals surface area contributed by atoms with Gasteiger partial charge < -0.3 is 14.8 Å². The van der Waals surface area contributed by atoms with Gasteiger partial charge in [0.25, 0.3) is 0 Å². The van der Waals surface area contributed by atoms with Gasteiger partial charge in [-0.25, -0.2) is 0 Å². The summed E-state index contributed by atoms with van der Waals surface area (Å²) < 4.78 is 2.25. The highest BCUT2D eigenvalue weighted by Crippen LogP contribution is 2.46. The number of carbonyl (C=O) groups is 2. The Hall–Kier alpha value is -2.35. The van der Waals surface area contributed by atoms with E-state index in [2.05, 4.69) is 27.0 Å². The van der Waals surface area contributed by atoms with Crippen molar-refractivity contribution in [3.8, 4) is 0 Å². The molecule has 0 spiro atoms. The van der Waals surface area contributed by atoms with Crippen molar-refractivity contribution >= 4 is 29.3 Å². The number of amides is 2. The summed E-state index contributed by atoms with van der Waals surface area (Å²) >= 11 is 1.44. The van der Waals surface area contributed by atoms with Crippen LogP contribution in [0.2, 0.25) is 0 Å². The molecule has 1 heterocycles. The van der Waals surface area contributed by atoms with Gasteiger partial charge in [0.1, 0.15) is 5.82 Å². The van der Waals surface area contributed by atoms with E-state index in [0.29, 0.717) is 12.0 Å². The van der Waals surface area contributed by atoms with Crippen LogP contribution in [0.4, 0.5) is 5.69 Å².